The molecule has 0 atom stereocenters. The molecule has 0 radical (unpaired) electrons. The summed E-state index contributed by atoms with van der Waals surface area (Å²) < 4.78 is 17.0. The number of anilines is 2. The number of benzene rings is 3. The number of rotatable bonds is 8. The highest BCUT2D eigenvalue weighted by molar-refractivity contribution is 8.27. The van der Waals surface area contributed by atoms with Gasteiger partial charge in [0.15, 0.2) is 22.4 Å². The summed E-state index contributed by atoms with van der Waals surface area (Å²) in [7, 11) is 3.06. The molecule has 36 heavy (non-hydrogen) atoms. The van der Waals surface area contributed by atoms with E-state index >= 15 is 0 Å². The average molecular weight is 521 g/mol. The van der Waals surface area contributed by atoms with Crippen LogP contribution in [0.3, 0.4) is 0 Å². The van der Waals surface area contributed by atoms with E-state index in [1.807, 2.05) is 43.3 Å². The molecule has 0 spiro atoms. The Morgan fingerprint density at radius 1 is 1.00 bits per heavy atom. The number of ether oxygens (including phenoxy) is 3. The molecule has 0 aromatic heterocycles. The third kappa shape index (κ3) is 5.53. The average Bonchev–Trinajstić information content (AvgIpc) is 3.16. The molecule has 1 aliphatic rings. The second kappa shape index (κ2) is 11.3. The van der Waals surface area contributed by atoms with Gasteiger partial charge in [-0.1, -0.05) is 60.4 Å². The number of nitrogens with one attached hydrogen (secondary N) is 1. The zero-order valence-corrected chi connectivity index (χ0v) is 21.6. The Bertz CT molecular complexity index is 1360. The van der Waals surface area contributed by atoms with Gasteiger partial charge in [-0.3, -0.25) is 14.5 Å². The second-order valence-corrected chi connectivity index (χ2v) is 9.43. The Balaban J connectivity index is 1.47. The summed E-state index contributed by atoms with van der Waals surface area (Å²) in [6.45, 7) is 1.74. The van der Waals surface area contributed by atoms with E-state index < -0.39 is 0 Å². The Labute approximate surface area is 219 Å². The fourth-order valence-corrected chi connectivity index (χ4v) is 4.86. The Hall–Kier alpha value is -3.82. The summed E-state index contributed by atoms with van der Waals surface area (Å²) in [6, 6.07) is 20.0. The topological polar surface area (TPSA) is 77.1 Å². The number of methoxy groups -OCH3 is 2. The number of nitrogens with zero attached hydrogens (tertiary/aromatic N) is 1. The maximum Gasteiger partial charge on any atom is 0.270 e. The molecular weight excluding hydrogens is 496 g/mol. The fraction of sp³-hybridized carbons (Fsp3) is 0.148. The van der Waals surface area contributed by atoms with Gasteiger partial charge in [-0.05, 0) is 54.5 Å². The summed E-state index contributed by atoms with van der Waals surface area (Å²) in [4.78, 5) is 27.4. The van der Waals surface area contributed by atoms with Crippen LogP contribution in [0.15, 0.2) is 71.6 Å². The van der Waals surface area contributed by atoms with Crippen LogP contribution in [0.25, 0.3) is 6.08 Å². The molecule has 9 heteroatoms. The third-order valence-corrected chi connectivity index (χ3v) is 6.69. The lowest BCUT2D eigenvalue weighted by atomic mass is 10.1. The van der Waals surface area contributed by atoms with Gasteiger partial charge in [-0.25, -0.2) is 0 Å². The predicted molar refractivity (Wildman–Crippen MR) is 147 cm³/mol. The van der Waals surface area contributed by atoms with Crippen LogP contribution in [-0.2, 0) is 9.59 Å². The molecule has 3 aromatic carbocycles. The lowest BCUT2D eigenvalue weighted by molar-refractivity contribution is -0.118. The van der Waals surface area contributed by atoms with E-state index in [0.717, 1.165) is 16.8 Å². The first-order valence-corrected chi connectivity index (χ1v) is 12.2. The van der Waals surface area contributed by atoms with Gasteiger partial charge in [-0.15, -0.1) is 0 Å². The number of carbonyl (C=O) groups is 2. The van der Waals surface area contributed by atoms with E-state index in [-0.39, 0.29) is 18.4 Å². The number of aryl methyl sites for hydroxylation is 1. The van der Waals surface area contributed by atoms with Crippen LogP contribution in [0, 0.1) is 6.92 Å². The van der Waals surface area contributed by atoms with Crippen molar-refractivity contribution >= 4 is 57.6 Å². The van der Waals surface area contributed by atoms with Crippen LogP contribution in [-0.4, -0.2) is 37.0 Å². The van der Waals surface area contributed by atoms with E-state index in [1.54, 1.807) is 43.5 Å². The van der Waals surface area contributed by atoms with Crippen molar-refractivity contribution in [1.29, 1.82) is 0 Å². The number of hydrogen-bond acceptors (Lipinski definition) is 7. The third-order valence-electron chi connectivity index (χ3n) is 5.38. The smallest absolute Gasteiger partial charge is 0.270 e. The van der Waals surface area contributed by atoms with E-state index in [9.17, 15) is 9.59 Å². The molecule has 184 valence electrons. The van der Waals surface area contributed by atoms with Crippen molar-refractivity contribution in [3.05, 3.63) is 82.8 Å². The summed E-state index contributed by atoms with van der Waals surface area (Å²) in [5, 5.41) is 2.83. The van der Waals surface area contributed by atoms with E-state index in [0.29, 0.717) is 32.2 Å². The normalized spacial score (nSPS) is 14.2. The van der Waals surface area contributed by atoms with Gasteiger partial charge in [0.05, 0.1) is 24.8 Å². The van der Waals surface area contributed by atoms with Crippen LogP contribution in [0.2, 0.25) is 0 Å². The van der Waals surface area contributed by atoms with Gasteiger partial charge in [0.1, 0.15) is 5.75 Å². The van der Waals surface area contributed by atoms with Crippen molar-refractivity contribution in [2.45, 2.75) is 6.92 Å². The van der Waals surface area contributed by atoms with Crippen LogP contribution < -0.4 is 24.4 Å². The molecule has 1 fully saturated rings. The highest BCUT2D eigenvalue weighted by Crippen LogP contribution is 2.40. The van der Waals surface area contributed by atoms with Crippen LogP contribution in [0.5, 0.6) is 17.2 Å². The summed E-state index contributed by atoms with van der Waals surface area (Å²) in [5.74, 6) is 0.894. The molecule has 1 aliphatic heterocycles. The molecule has 1 N–H and O–H groups in total. The number of carbonyl (C=O) groups excluding carboxylic acids is 2. The van der Waals surface area contributed by atoms with Gasteiger partial charge >= 0.3 is 0 Å². The Morgan fingerprint density at radius 3 is 2.47 bits per heavy atom. The molecule has 0 saturated carbocycles. The van der Waals surface area contributed by atoms with Crippen molar-refractivity contribution in [3.63, 3.8) is 0 Å². The minimum Gasteiger partial charge on any atom is -0.495 e. The lowest BCUT2D eigenvalue weighted by Gasteiger charge is -2.17. The van der Waals surface area contributed by atoms with Gasteiger partial charge in [-0.2, -0.15) is 0 Å². The largest absolute Gasteiger partial charge is 0.495 e. The number of para-hydroxylation sites is 3. The lowest BCUT2D eigenvalue weighted by Crippen LogP contribution is -2.27. The Kier molecular flexibility index (Phi) is 7.92. The van der Waals surface area contributed by atoms with Gasteiger partial charge in [0.2, 0.25) is 0 Å². The van der Waals surface area contributed by atoms with Crippen LogP contribution in [0.1, 0.15) is 11.1 Å². The van der Waals surface area contributed by atoms with E-state index in [4.69, 9.17) is 26.4 Å². The van der Waals surface area contributed by atoms with Gasteiger partial charge in [0, 0.05) is 5.69 Å². The number of thioether (sulfide) groups is 1. The van der Waals surface area contributed by atoms with E-state index in [2.05, 4.69) is 5.32 Å². The first-order valence-electron chi connectivity index (χ1n) is 11.0. The molecule has 4 rings (SSSR count). The van der Waals surface area contributed by atoms with Crippen molar-refractivity contribution in [2.24, 2.45) is 0 Å². The first kappa shape index (κ1) is 25.3. The molecular formula is C27H24N2O5S2. The van der Waals surface area contributed by atoms with Crippen molar-refractivity contribution < 1.29 is 23.8 Å². The molecule has 0 aliphatic carbocycles. The van der Waals surface area contributed by atoms with Crippen molar-refractivity contribution in [1.82, 2.24) is 0 Å². The summed E-state index contributed by atoms with van der Waals surface area (Å²) >= 11 is 6.69. The highest BCUT2D eigenvalue weighted by atomic mass is 32.2. The standard InChI is InChI=1S/C27H24N2O5S2/c1-17-8-4-5-9-19(17)28-25(30)16-34-22-13-12-18(14-23(22)33-3)15-24-26(31)29(27(35)36-24)20-10-6-7-11-21(20)32-2/h4-15H,16H2,1-3H3,(H,28,30). The number of hydrogen-bond donors (Lipinski definition) is 1. The van der Waals surface area contributed by atoms with Gasteiger partial charge in [0.25, 0.3) is 11.8 Å². The summed E-state index contributed by atoms with van der Waals surface area (Å²) in [6.07, 6.45) is 1.74. The molecule has 1 saturated heterocycles. The molecule has 7 nitrogen and oxygen atoms in total. The van der Waals surface area contributed by atoms with Crippen molar-refractivity contribution in [3.8, 4) is 17.2 Å². The highest BCUT2D eigenvalue weighted by Gasteiger charge is 2.34. The zero-order chi connectivity index (χ0) is 25.7. The molecule has 0 unspecified atom stereocenters. The fourth-order valence-electron chi connectivity index (χ4n) is 3.58. The minimum atomic E-state index is -0.282. The molecule has 3 aromatic rings. The predicted octanol–water partition coefficient (Wildman–Crippen LogP) is 5.44. The maximum atomic E-state index is 13.2. The quantitative estimate of drug-likeness (QED) is 0.313. The maximum absolute atomic E-state index is 13.2. The van der Waals surface area contributed by atoms with E-state index in [1.165, 1.54) is 23.8 Å². The summed E-state index contributed by atoms with van der Waals surface area (Å²) in [5.41, 5.74) is 3.02. The van der Waals surface area contributed by atoms with Gasteiger partial charge < -0.3 is 19.5 Å². The number of amides is 2. The molecule has 0 bridgehead atoms. The molecule has 1 heterocycles. The first-order chi connectivity index (χ1) is 17.4. The number of thiocarbonyl (C=S) groups is 1. The SMILES string of the molecule is COc1cc(C=C2SC(=S)N(c3ccccc3OC)C2=O)ccc1OCC(=O)Nc1ccccc1C. The second-order valence-electron chi connectivity index (χ2n) is 7.75. The zero-order valence-electron chi connectivity index (χ0n) is 19.9. The minimum absolute atomic E-state index is 0.179. The monoisotopic (exact) mass is 520 g/mol. The van der Waals surface area contributed by atoms with Crippen LogP contribution >= 0.6 is 24.0 Å². The Morgan fingerprint density at radius 2 is 1.72 bits per heavy atom. The molecule has 2 amide bonds. The van der Waals surface area contributed by atoms with Crippen LogP contribution in [0.4, 0.5) is 11.4 Å². The van der Waals surface area contributed by atoms with Crippen molar-refractivity contribution in [2.75, 3.05) is 31.0 Å².